The molecule has 2 N–H and O–H groups in total. The zero-order valence-corrected chi connectivity index (χ0v) is 9.29. The maximum Gasteiger partial charge on any atom is 0.0467 e. The smallest absolute Gasteiger partial charge is 0.0467 e. The van der Waals surface area contributed by atoms with Gasteiger partial charge in [-0.2, -0.15) is 0 Å². The van der Waals surface area contributed by atoms with Crippen molar-refractivity contribution >= 4 is 0 Å². The van der Waals surface area contributed by atoms with Crippen LogP contribution in [0, 0.1) is 0 Å². The molecule has 0 saturated heterocycles. The standard InChI is InChI=1S/C13H18N2/c1-2-3-10-4-5-11(15-6-10)12-7-13(14,8-12)9-12/h4-6H,2-3,7-9,14H2,1H3/t12-,13+. The van der Waals surface area contributed by atoms with Gasteiger partial charge >= 0.3 is 0 Å². The Morgan fingerprint density at radius 1 is 1.33 bits per heavy atom. The highest BCUT2D eigenvalue weighted by atomic mass is 14.9. The highest BCUT2D eigenvalue weighted by Gasteiger charge is 2.67. The van der Waals surface area contributed by atoms with Gasteiger partial charge in [0.25, 0.3) is 0 Å². The molecule has 4 rings (SSSR count). The fourth-order valence-electron chi connectivity index (χ4n) is 3.31. The molecule has 15 heavy (non-hydrogen) atoms. The Morgan fingerprint density at radius 2 is 2.07 bits per heavy atom. The minimum atomic E-state index is 0.184. The molecule has 2 nitrogen and oxygen atoms in total. The fraction of sp³-hybridized carbons (Fsp3) is 0.615. The van der Waals surface area contributed by atoms with Crippen molar-refractivity contribution in [2.45, 2.75) is 50.0 Å². The average Bonchev–Trinajstić information content (AvgIpc) is 2.14. The Kier molecular flexibility index (Phi) is 1.76. The third-order valence-corrected chi connectivity index (χ3v) is 3.98. The first-order chi connectivity index (χ1) is 7.16. The van der Waals surface area contributed by atoms with Crippen molar-refractivity contribution in [3.63, 3.8) is 0 Å². The Balaban J connectivity index is 1.77. The lowest BCUT2D eigenvalue weighted by atomic mass is 9.39. The monoisotopic (exact) mass is 202 g/mol. The maximum atomic E-state index is 6.06. The lowest BCUT2D eigenvalue weighted by molar-refractivity contribution is -0.0620. The molecule has 0 atom stereocenters. The van der Waals surface area contributed by atoms with Gasteiger partial charge in [0, 0.05) is 22.8 Å². The number of nitrogens with zero attached hydrogens (tertiary/aromatic N) is 1. The summed E-state index contributed by atoms with van der Waals surface area (Å²) in [6.45, 7) is 2.20. The van der Waals surface area contributed by atoms with E-state index in [4.69, 9.17) is 5.73 Å². The minimum absolute atomic E-state index is 0.184. The topological polar surface area (TPSA) is 38.9 Å². The first-order valence-corrected chi connectivity index (χ1v) is 5.90. The molecule has 2 heteroatoms. The fourth-order valence-corrected chi connectivity index (χ4v) is 3.31. The van der Waals surface area contributed by atoms with Gasteiger partial charge in [-0.05, 0) is 37.3 Å². The van der Waals surface area contributed by atoms with Gasteiger partial charge in [-0.3, -0.25) is 4.98 Å². The molecule has 1 heterocycles. The van der Waals surface area contributed by atoms with Crippen molar-refractivity contribution in [2.75, 3.05) is 0 Å². The van der Waals surface area contributed by atoms with Crippen LogP contribution in [-0.4, -0.2) is 10.5 Å². The van der Waals surface area contributed by atoms with Crippen molar-refractivity contribution in [3.8, 4) is 0 Å². The van der Waals surface area contributed by atoms with Crippen LogP contribution in [0.4, 0.5) is 0 Å². The summed E-state index contributed by atoms with van der Waals surface area (Å²) in [5.41, 5.74) is 9.25. The van der Waals surface area contributed by atoms with Crippen LogP contribution in [0.1, 0.15) is 43.9 Å². The van der Waals surface area contributed by atoms with Crippen LogP contribution in [0.3, 0.4) is 0 Å². The second-order valence-corrected chi connectivity index (χ2v) is 5.47. The van der Waals surface area contributed by atoms with Gasteiger partial charge in [0.15, 0.2) is 0 Å². The van der Waals surface area contributed by atoms with Crippen molar-refractivity contribution in [1.29, 1.82) is 0 Å². The Hall–Kier alpha value is -0.890. The molecule has 0 aromatic carbocycles. The zero-order valence-electron chi connectivity index (χ0n) is 9.29. The summed E-state index contributed by atoms with van der Waals surface area (Å²) in [5, 5.41) is 0. The second-order valence-electron chi connectivity index (χ2n) is 5.47. The normalized spacial score (nSPS) is 36.9. The molecule has 2 bridgehead atoms. The summed E-state index contributed by atoms with van der Waals surface area (Å²) in [6, 6.07) is 4.44. The maximum absolute atomic E-state index is 6.06. The Bertz CT molecular complexity index is 360. The predicted molar refractivity (Wildman–Crippen MR) is 60.7 cm³/mol. The minimum Gasteiger partial charge on any atom is -0.325 e. The molecule has 0 amide bonds. The number of nitrogens with two attached hydrogens (primary N) is 1. The van der Waals surface area contributed by atoms with E-state index in [0.717, 1.165) is 25.7 Å². The lowest BCUT2D eigenvalue weighted by Crippen LogP contribution is -2.74. The van der Waals surface area contributed by atoms with E-state index in [1.54, 1.807) is 0 Å². The number of hydrogen-bond donors (Lipinski definition) is 1. The van der Waals surface area contributed by atoms with Crippen LogP contribution >= 0.6 is 0 Å². The molecular weight excluding hydrogens is 184 g/mol. The summed E-state index contributed by atoms with van der Waals surface area (Å²) < 4.78 is 0. The summed E-state index contributed by atoms with van der Waals surface area (Å²) in [5.74, 6) is 0. The number of rotatable bonds is 3. The molecule has 80 valence electrons. The highest BCUT2D eigenvalue weighted by Crippen LogP contribution is 2.65. The van der Waals surface area contributed by atoms with Gasteiger partial charge in [-0.25, -0.2) is 0 Å². The Morgan fingerprint density at radius 3 is 2.53 bits per heavy atom. The van der Waals surface area contributed by atoms with Crippen molar-refractivity contribution < 1.29 is 0 Å². The molecule has 0 spiro atoms. The van der Waals surface area contributed by atoms with E-state index in [2.05, 4.69) is 24.0 Å². The molecule has 1 aromatic rings. The lowest BCUT2D eigenvalue weighted by Gasteiger charge is -2.68. The van der Waals surface area contributed by atoms with Gasteiger partial charge in [0.2, 0.25) is 0 Å². The molecule has 3 aliphatic rings. The molecular formula is C13H18N2. The highest BCUT2D eigenvalue weighted by molar-refractivity contribution is 5.38. The van der Waals surface area contributed by atoms with Crippen LogP contribution in [-0.2, 0) is 11.8 Å². The van der Waals surface area contributed by atoms with Gasteiger partial charge in [-0.1, -0.05) is 19.4 Å². The van der Waals surface area contributed by atoms with Crippen LogP contribution in [0.15, 0.2) is 18.3 Å². The van der Waals surface area contributed by atoms with Crippen LogP contribution in [0.2, 0.25) is 0 Å². The number of aromatic nitrogens is 1. The van der Waals surface area contributed by atoms with Crippen molar-refractivity contribution in [3.05, 3.63) is 29.6 Å². The van der Waals surface area contributed by atoms with Crippen LogP contribution in [0.5, 0.6) is 0 Å². The summed E-state index contributed by atoms with van der Waals surface area (Å²) >= 11 is 0. The summed E-state index contributed by atoms with van der Waals surface area (Å²) in [6.07, 6.45) is 7.84. The number of aryl methyl sites for hydroxylation is 1. The SMILES string of the molecule is CCCc1ccc([C@]23C[C@](N)(C2)C3)nc1. The first kappa shape index (κ1) is 9.34. The van der Waals surface area contributed by atoms with Gasteiger partial charge < -0.3 is 5.73 Å². The van der Waals surface area contributed by atoms with E-state index in [-0.39, 0.29) is 5.54 Å². The third-order valence-electron chi connectivity index (χ3n) is 3.98. The summed E-state index contributed by atoms with van der Waals surface area (Å²) in [7, 11) is 0. The molecule has 3 aliphatic carbocycles. The molecule has 1 aromatic heterocycles. The summed E-state index contributed by atoms with van der Waals surface area (Å²) in [4.78, 5) is 4.60. The predicted octanol–water partition coefficient (Wildman–Crippen LogP) is 2.17. The third kappa shape index (κ3) is 1.24. The van der Waals surface area contributed by atoms with E-state index in [1.165, 1.54) is 17.7 Å². The molecule has 0 radical (unpaired) electrons. The van der Waals surface area contributed by atoms with E-state index in [9.17, 15) is 0 Å². The number of pyridine rings is 1. The largest absolute Gasteiger partial charge is 0.325 e. The first-order valence-electron chi connectivity index (χ1n) is 5.90. The Labute approximate surface area is 90.9 Å². The van der Waals surface area contributed by atoms with Gasteiger partial charge in [0.1, 0.15) is 0 Å². The molecule has 0 aliphatic heterocycles. The molecule has 3 saturated carbocycles. The van der Waals surface area contributed by atoms with E-state index < -0.39 is 0 Å². The van der Waals surface area contributed by atoms with Crippen LogP contribution in [0.25, 0.3) is 0 Å². The van der Waals surface area contributed by atoms with Crippen molar-refractivity contribution in [2.24, 2.45) is 5.73 Å². The van der Waals surface area contributed by atoms with E-state index in [1.807, 2.05) is 6.20 Å². The van der Waals surface area contributed by atoms with Crippen molar-refractivity contribution in [1.82, 2.24) is 4.98 Å². The average molecular weight is 202 g/mol. The molecule has 0 unspecified atom stereocenters. The van der Waals surface area contributed by atoms with Gasteiger partial charge in [-0.15, -0.1) is 0 Å². The number of hydrogen-bond acceptors (Lipinski definition) is 2. The molecule has 3 fully saturated rings. The van der Waals surface area contributed by atoms with Gasteiger partial charge in [0.05, 0.1) is 0 Å². The van der Waals surface area contributed by atoms with E-state index >= 15 is 0 Å². The quantitative estimate of drug-likeness (QED) is 0.815. The second kappa shape index (κ2) is 2.82. The van der Waals surface area contributed by atoms with Crippen LogP contribution < -0.4 is 5.73 Å². The zero-order chi connectivity index (χ0) is 10.5. The van der Waals surface area contributed by atoms with E-state index in [0.29, 0.717) is 5.41 Å².